The predicted molar refractivity (Wildman–Crippen MR) is 96.7 cm³/mol. The fourth-order valence-electron chi connectivity index (χ4n) is 2.68. The SMILES string of the molecule is O=C(NCc1cccc(Oc2ccc(F)cc2)c1)c1ccc2c(c1)OCO2. The molecule has 27 heavy (non-hydrogen) atoms. The first kappa shape index (κ1) is 16.9. The van der Waals surface area contributed by atoms with E-state index in [1.807, 2.05) is 18.2 Å². The van der Waals surface area contributed by atoms with Crippen molar-refractivity contribution in [2.45, 2.75) is 6.54 Å². The number of fused-ring (bicyclic) bond motifs is 1. The highest BCUT2D eigenvalue weighted by atomic mass is 19.1. The second kappa shape index (κ2) is 7.37. The van der Waals surface area contributed by atoms with Crippen LogP contribution in [0.4, 0.5) is 4.39 Å². The maximum atomic E-state index is 13.0. The molecule has 136 valence electrons. The van der Waals surface area contributed by atoms with Crippen molar-refractivity contribution in [3.63, 3.8) is 0 Å². The van der Waals surface area contributed by atoms with Crippen LogP contribution >= 0.6 is 0 Å². The first-order chi connectivity index (χ1) is 13.2. The van der Waals surface area contributed by atoms with Crippen LogP contribution in [-0.2, 0) is 6.54 Å². The molecule has 1 heterocycles. The standard InChI is InChI=1S/C21H16FNO4/c22-16-5-7-17(8-6-16)27-18-3-1-2-14(10-18)12-23-21(24)15-4-9-19-20(11-15)26-13-25-19/h1-11H,12-13H2,(H,23,24). The minimum Gasteiger partial charge on any atom is -0.457 e. The molecule has 0 aliphatic carbocycles. The summed E-state index contributed by atoms with van der Waals surface area (Å²) in [7, 11) is 0. The van der Waals surface area contributed by atoms with Gasteiger partial charge in [0.2, 0.25) is 6.79 Å². The highest BCUT2D eigenvalue weighted by Crippen LogP contribution is 2.32. The smallest absolute Gasteiger partial charge is 0.251 e. The van der Waals surface area contributed by atoms with Crippen molar-refractivity contribution in [2.24, 2.45) is 0 Å². The van der Waals surface area contributed by atoms with Gasteiger partial charge in [-0.2, -0.15) is 0 Å². The molecule has 0 spiro atoms. The van der Waals surface area contributed by atoms with Gasteiger partial charge in [0, 0.05) is 12.1 Å². The minimum absolute atomic E-state index is 0.168. The van der Waals surface area contributed by atoms with Gasteiger partial charge in [-0.3, -0.25) is 4.79 Å². The van der Waals surface area contributed by atoms with E-state index in [1.54, 1.807) is 36.4 Å². The summed E-state index contributed by atoms with van der Waals surface area (Å²) in [6, 6.07) is 18.2. The molecule has 3 aromatic carbocycles. The number of amides is 1. The monoisotopic (exact) mass is 365 g/mol. The molecular formula is C21H16FNO4. The average Bonchev–Trinajstić information content (AvgIpc) is 3.16. The molecule has 0 aromatic heterocycles. The number of benzene rings is 3. The first-order valence-corrected chi connectivity index (χ1v) is 8.37. The first-order valence-electron chi connectivity index (χ1n) is 8.37. The Morgan fingerprint density at radius 3 is 2.63 bits per heavy atom. The van der Waals surface area contributed by atoms with E-state index in [9.17, 15) is 9.18 Å². The molecule has 1 aliphatic rings. The zero-order valence-electron chi connectivity index (χ0n) is 14.3. The summed E-state index contributed by atoms with van der Waals surface area (Å²) in [5.41, 5.74) is 1.38. The Kier molecular flexibility index (Phi) is 4.61. The highest BCUT2D eigenvalue weighted by molar-refractivity contribution is 5.94. The van der Waals surface area contributed by atoms with Crippen LogP contribution in [0.1, 0.15) is 15.9 Å². The van der Waals surface area contributed by atoms with Crippen LogP contribution in [0.15, 0.2) is 66.7 Å². The third kappa shape index (κ3) is 4.00. The van der Waals surface area contributed by atoms with Crippen LogP contribution in [-0.4, -0.2) is 12.7 Å². The van der Waals surface area contributed by atoms with Crippen molar-refractivity contribution in [2.75, 3.05) is 6.79 Å². The molecule has 1 aliphatic heterocycles. The lowest BCUT2D eigenvalue weighted by molar-refractivity contribution is 0.0950. The van der Waals surface area contributed by atoms with E-state index in [1.165, 1.54) is 12.1 Å². The molecule has 0 bridgehead atoms. The second-order valence-corrected chi connectivity index (χ2v) is 5.95. The van der Waals surface area contributed by atoms with Crippen molar-refractivity contribution in [3.8, 4) is 23.0 Å². The summed E-state index contributed by atoms with van der Waals surface area (Å²) in [6.45, 7) is 0.509. The summed E-state index contributed by atoms with van der Waals surface area (Å²) in [5, 5.41) is 2.86. The number of rotatable bonds is 5. The number of carbonyl (C=O) groups is 1. The van der Waals surface area contributed by atoms with Gasteiger partial charge in [-0.1, -0.05) is 12.1 Å². The van der Waals surface area contributed by atoms with Gasteiger partial charge >= 0.3 is 0 Å². The summed E-state index contributed by atoms with van der Waals surface area (Å²) >= 11 is 0. The Morgan fingerprint density at radius 1 is 0.963 bits per heavy atom. The molecule has 4 rings (SSSR count). The number of nitrogens with one attached hydrogen (secondary N) is 1. The normalized spacial score (nSPS) is 11.9. The lowest BCUT2D eigenvalue weighted by Crippen LogP contribution is -2.22. The van der Waals surface area contributed by atoms with Crippen LogP contribution < -0.4 is 19.5 Å². The van der Waals surface area contributed by atoms with Gasteiger partial charge in [0.15, 0.2) is 11.5 Å². The Hall–Kier alpha value is -3.54. The van der Waals surface area contributed by atoms with Crippen LogP contribution in [0.5, 0.6) is 23.0 Å². The molecule has 1 N–H and O–H groups in total. The molecule has 0 unspecified atom stereocenters. The Bertz CT molecular complexity index is 972. The second-order valence-electron chi connectivity index (χ2n) is 5.95. The Labute approximate surface area is 155 Å². The molecule has 0 saturated heterocycles. The summed E-state index contributed by atoms with van der Waals surface area (Å²) < 4.78 is 29.2. The molecule has 0 saturated carbocycles. The van der Waals surface area contributed by atoms with Gasteiger partial charge in [0.1, 0.15) is 17.3 Å². The van der Waals surface area contributed by atoms with Gasteiger partial charge in [0.25, 0.3) is 5.91 Å². The fourth-order valence-corrected chi connectivity index (χ4v) is 2.68. The fraction of sp³-hybridized carbons (Fsp3) is 0.0952. The van der Waals surface area contributed by atoms with E-state index < -0.39 is 0 Å². The van der Waals surface area contributed by atoms with E-state index in [2.05, 4.69) is 5.32 Å². The van der Waals surface area contributed by atoms with Crippen molar-refractivity contribution in [1.82, 2.24) is 5.32 Å². The number of carbonyl (C=O) groups excluding carboxylic acids is 1. The summed E-state index contributed by atoms with van der Waals surface area (Å²) in [5.74, 6) is 1.82. The number of ether oxygens (including phenoxy) is 3. The average molecular weight is 365 g/mol. The molecule has 0 radical (unpaired) electrons. The molecule has 6 heteroatoms. The molecule has 0 fully saturated rings. The molecule has 0 atom stereocenters. The zero-order chi connectivity index (χ0) is 18.6. The van der Waals surface area contributed by atoms with Gasteiger partial charge < -0.3 is 19.5 Å². The lowest BCUT2D eigenvalue weighted by atomic mass is 10.1. The summed E-state index contributed by atoms with van der Waals surface area (Å²) in [4.78, 5) is 12.4. The largest absolute Gasteiger partial charge is 0.457 e. The van der Waals surface area contributed by atoms with Crippen molar-refractivity contribution in [3.05, 3.63) is 83.7 Å². The van der Waals surface area contributed by atoms with Gasteiger partial charge in [-0.05, 0) is 60.2 Å². The molecule has 3 aromatic rings. The van der Waals surface area contributed by atoms with Crippen molar-refractivity contribution in [1.29, 1.82) is 0 Å². The van der Waals surface area contributed by atoms with Crippen LogP contribution in [0.3, 0.4) is 0 Å². The van der Waals surface area contributed by atoms with E-state index >= 15 is 0 Å². The summed E-state index contributed by atoms with van der Waals surface area (Å²) in [6.07, 6.45) is 0. The van der Waals surface area contributed by atoms with E-state index in [4.69, 9.17) is 14.2 Å². The van der Waals surface area contributed by atoms with Crippen molar-refractivity contribution >= 4 is 5.91 Å². The van der Waals surface area contributed by atoms with Crippen molar-refractivity contribution < 1.29 is 23.4 Å². The lowest BCUT2D eigenvalue weighted by Gasteiger charge is -2.09. The maximum Gasteiger partial charge on any atom is 0.251 e. The molecular weight excluding hydrogens is 349 g/mol. The van der Waals surface area contributed by atoms with Gasteiger partial charge in [-0.15, -0.1) is 0 Å². The van der Waals surface area contributed by atoms with E-state index in [-0.39, 0.29) is 18.5 Å². The van der Waals surface area contributed by atoms with Crippen LogP contribution in [0, 0.1) is 5.82 Å². The topological polar surface area (TPSA) is 56.8 Å². The quantitative estimate of drug-likeness (QED) is 0.733. The number of halogens is 1. The Balaban J connectivity index is 1.39. The van der Waals surface area contributed by atoms with Gasteiger partial charge in [-0.25, -0.2) is 4.39 Å². The zero-order valence-corrected chi connectivity index (χ0v) is 14.3. The van der Waals surface area contributed by atoms with E-state index in [0.29, 0.717) is 35.1 Å². The van der Waals surface area contributed by atoms with Crippen LogP contribution in [0.2, 0.25) is 0 Å². The Morgan fingerprint density at radius 2 is 1.78 bits per heavy atom. The van der Waals surface area contributed by atoms with Crippen LogP contribution in [0.25, 0.3) is 0 Å². The maximum absolute atomic E-state index is 13.0. The third-order valence-electron chi connectivity index (χ3n) is 4.04. The number of hydrogen-bond donors (Lipinski definition) is 1. The predicted octanol–water partition coefficient (Wildman–Crippen LogP) is 4.28. The highest BCUT2D eigenvalue weighted by Gasteiger charge is 2.16. The van der Waals surface area contributed by atoms with Gasteiger partial charge in [0.05, 0.1) is 0 Å². The molecule has 1 amide bonds. The third-order valence-corrected chi connectivity index (χ3v) is 4.04. The van der Waals surface area contributed by atoms with E-state index in [0.717, 1.165) is 5.56 Å². The number of hydrogen-bond acceptors (Lipinski definition) is 4. The molecule has 5 nitrogen and oxygen atoms in total. The minimum atomic E-state index is -0.317.